The first-order valence-electron chi connectivity index (χ1n) is 13.4. The van der Waals surface area contributed by atoms with Crippen LogP contribution >= 0.6 is 8.93 Å². The number of fused-ring (bicyclic) bond motifs is 1. The van der Waals surface area contributed by atoms with Crippen molar-refractivity contribution >= 4 is 26.0 Å². The van der Waals surface area contributed by atoms with Crippen molar-refractivity contribution in [2.75, 3.05) is 61.1 Å². The molecule has 0 saturated carbocycles. The summed E-state index contributed by atoms with van der Waals surface area (Å²) in [5, 5.41) is 3.49. The van der Waals surface area contributed by atoms with Crippen molar-refractivity contribution in [2.45, 2.75) is 44.3 Å². The molecule has 0 amide bonds. The molecule has 4 unspecified atom stereocenters. The Labute approximate surface area is 242 Å². The molecular weight excluding hydrogens is 635 g/mol. The fourth-order valence-electron chi connectivity index (χ4n) is 5.79. The van der Waals surface area contributed by atoms with Gasteiger partial charge in [0.15, 0.2) is 0 Å². The summed E-state index contributed by atoms with van der Waals surface area (Å²) in [5.74, 6) is -0.129. The first-order chi connectivity index (χ1) is 18.7. The number of anilines is 2. The molecule has 2 aromatic rings. The number of halogens is 3. The van der Waals surface area contributed by atoms with Crippen LogP contribution in [0.5, 0.6) is 0 Å². The number of benzene rings is 1. The third-order valence-electron chi connectivity index (χ3n) is 7.26. The van der Waals surface area contributed by atoms with Crippen LogP contribution in [0, 0.1) is 17.6 Å². The molecule has 11 heteroatoms. The number of ether oxygens (including phenoxy) is 2. The van der Waals surface area contributed by atoms with Gasteiger partial charge < -0.3 is 0 Å². The standard InChI is InChI=1S/C28H37F2IN5O2S/c1-18-15-35(16-19(2)38-18)17-20-9-24(28(3,39-31-4)34-23-12-21(29)11-22(30)13-23)27-25(10-20)32-14-26(33-27)36-5-7-37-8-6-36/h9,11-14,18-20,34H,5-8,10,15-17H2,1-4H3/q-1. The Bertz CT molecular complexity index is 1170. The Morgan fingerprint density at radius 2 is 1.82 bits per heavy atom. The van der Waals surface area contributed by atoms with Crippen molar-refractivity contribution in [3.63, 3.8) is 0 Å². The number of hydrogen-bond donors (Lipinski definition) is 1. The van der Waals surface area contributed by atoms with E-state index < -0.39 is 16.5 Å². The van der Waals surface area contributed by atoms with Crippen molar-refractivity contribution in [1.29, 1.82) is 0 Å². The fourth-order valence-corrected chi connectivity index (χ4v) is 10.2. The van der Waals surface area contributed by atoms with E-state index in [0.717, 1.165) is 68.0 Å². The predicted octanol–water partition coefficient (Wildman–Crippen LogP) is 1.45. The second-order valence-electron chi connectivity index (χ2n) is 10.7. The molecule has 1 aromatic heterocycles. The number of nitrogens with one attached hydrogen (secondary N) is 1. The van der Waals surface area contributed by atoms with Gasteiger partial charge in [-0.2, -0.15) is 0 Å². The Hall–Kier alpha value is -1.54. The molecule has 3 heterocycles. The molecule has 0 bridgehead atoms. The van der Waals surface area contributed by atoms with Gasteiger partial charge in [0.2, 0.25) is 0 Å². The fraction of sp³-hybridized carbons (Fsp3) is 0.571. The third kappa shape index (κ3) is 7.03. The summed E-state index contributed by atoms with van der Waals surface area (Å²) in [4.78, 5) is 16.4. The molecule has 2 aliphatic heterocycles. The van der Waals surface area contributed by atoms with Crippen LogP contribution in [0.3, 0.4) is 0 Å². The molecule has 1 N–H and O–H groups in total. The van der Waals surface area contributed by atoms with E-state index >= 15 is 0 Å². The van der Waals surface area contributed by atoms with Crippen molar-refractivity contribution in [3.8, 4) is 0 Å². The van der Waals surface area contributed by atoms with Crippen LogP contribution in [0.2, 0.25) is 0 Å². The minimum absolute atomic E-state index is 0.194. The van der Waals surface area contributed by atoms with Gasteiger partial charge in [-0.15, -0.1) is 0 Å². The molecule has 4 atom stereocenters. The van der Waals surface area contributed by atoms with Crippen LogP contribution < -0.4 is 30.0 Å². The van der Waals surface area contributed by atoms with E-state index in [0.29, 0.717) is 18.9 Å². The van der Waals surface area contributed by atoms with Gasteiger partial charge in [-0.1, -0.05) is 0 Å². The number of rotatable bonds is 8. The summed E-state index contributed by atoms with van der Waals surface area (Å²) >= 11 is -0.255. The zero-order valence-corrected chi connectivity index (χ0v) is 25.9. The van der Waals surface area contributed by atoms with Gasteiger partial charge >= 0.3 is 244 Å². The predicted molar refractivity (Wildman–Crippen MR) is 149 cm³/mol. The molecule has 2 fully saturated rings. The molecule has 214 valence electrons. The maximum absolute atomic E-state index is 14.2. The first-order valence-corrected chi connectivity index (χ1v) is 18.9. The van der Waals surface area contributed by atoms with E-state index in [4.69, 9.17) is 19.4 Å². The number of morpholine rings is 2. The molecule has 7 nitrogen and oxygen atoms in total. The van der Waals surface area contributed by atoms with Crippen LogP contribution in [-0.4, -0.2) is 82.8 Å². The number of nitrogens with zero attached hydrogens (tertiary/aromatic N) is 4. The van der Waals surface area contributed by atoms with E-state index in [1.165, 1.54) is 12.1 Å². The Kier molecular flexibility index (Phi) is 9.32. The van der Waals surface area contributed by atoms with Gasteiger partial charge in [-0.05, 0) is 0 Å². The quantitative estimate of drug-likeness (QED) is 0.257. The normalized spacial score (nSPS) is 25.6. The summed E-state index contributed by atoms with van der Waals surface area (Å²) in [6, 6.07) is 3.60. The van der Waals surface area contributed by atoms with Crippen LogP contribution in [-0.2, 0) is 15.9 Å². The number of aromatic nitrogens is 2. The van der Waals surface area contributed by atoms with Gasteiger partial charge in [0, 0.05) is 0 Å². The van der Waals surface area contributed by atoms with Gasteiger partial charge in [0.25, 0.3) is 0 Å². The summed E-state index contributed by atoms with van der Waals surface area (Å²) in [5.41, 5.74) is 3.28. The third-order valence-corrected chi connectivity index (χ3v) is 12.0. The molecule has 1 aliphatic carbocycles. The summed E-state index contributed by atoms with van der Waals surface area (Å²) in [7, 11) is 1.80. The molecule has 3 aliphatic rings. The number of alkyl halides is 1. The zero-order valence-electron chi connectivity index (χ0n) is 22.9. The van der Waals surface area contributed by atoms with Gasteiger partial charge in [-0.3, -0.25) is 0 Å². The topological polar surface area (TPSA) is 62.8 Å². The molecule has 39 heavy (non-hydrogen) atoms. The summed E-state index contributed by atoms with van der Waals surface area (Å²) in [6.45, 7) is 11.9. The number of hydrogen-bond acceptors (Lipinski definition) is 8. The van der Waals surface area contributed by atoms with E-state index in [2.05, 4.69) is 46.9 Å². The van der Waals surface area contributed by atoms with E-state index in [-0.39, 0.29) is 37.9 Å². The van der Waals surface area contributed by atoms with E-state index in [9.17, 15) is 8.78 Å². The Morgan fingerprint density at radius 3 is 2.49 bits per heavy atom. The Morgan fingerprint density at radius 1 is 1.13 bits per heavy atom. The van der Waals surface area contributed by atoms with Crippen LogP contribution in [0.1, 0.15) is 32.2 Å². The van der Waals surface area contributed by atoms with Crippen molar-refractivity contribution in [2.24, 2.45) is 5.92 Å². The SMILES string of the molecule is C[I-]SC(C)(Nc1cc(F)cc(F)c1)C1=CC(CN2CC(C)OC(C)C2)Cc2ncc(N3CCOCC3)nc21. The van der Waals surface area contributed by atoms with Gasteiger partial charge in [0.1, 0.15) is 0 Å². The molecule has 5 rings (SSSR count). The molecule has 0 radical (unpaired) electrons. The second kappa shape index (κ2) is 12.5. The monoisotopic (exact) mass is 672 g/mol. The molecule has 2 saturated heterocycles. The van der Waals surface area contributed by atoms with Gasteiger partial charge in [0.05, 0.1) is 0 Å². The molecule has 1 aromatic carbocycles. The van der Waals surface area contributed by atoms with E-state index in [1.807, 2.05) is 6.20 Å². The molecule has 0 spiro atoms. The van der Waals surface area contributed by atoms with E-state index in [1.54, 1.807) is 8.93 Å². The first kappa shape index (κ1) is 29.0. The summed E-state index contributed by atoms with van der Waals surface area (Å²) < 4.78 is 39.8. The molecular formula is C28H37F2IN5O2S-. The average molecular weight is 673 g/mol. The van der Waals surface area contributed by atoms with Crippen LogP contribution in [0.25, 0.3) is 5.57 Å². The van der Waals surface area contributed by atoms with Crippen LogP contribution in [0.4, 0.5) is 20.3 Å². The van der Waals surface area contributed by atoms with Crippen molar-refractivity contribution < 1.29 is 38.1 Å². The average Bonchev–Trinajstić information content (AvgIpc) is 2.87. The van der Waals surface area contributed by atoms with Crippen molar-refractivity contribution in [3.05, 3.63) is 53.5 Å². The maximum atomic E-state index is 14.2. The van der Waals surface area contributed by atoms with Gasteiger partial charge in [-0.25, -0.2) is 0 Å². The second-order valence-corrected chi connectivity index (χ2v) is 15.9. The zero-order chi connectivity index (χ0) is 27.6. The van der Waals surface area contributed by atoms with Crippen molar-refractivity contribution in [1.82, 2.24) is 14.9 Å². The van der Waals surface area contributed by atoms with Crippen LogP contribution in [0.15, 0.2) is 30.5 Å². The summed E-state index contributed by atoms with van der Waals surface area (Å²) in [6.07, 6.45) is 5.40. The Balaban J connectivity index is 1.53. The minimum atomic E-state index is -0.639.